The molecule has 0 saturated carbocycles. The fourth-order valence-corrected chi connectivity index (χ4v) is 2.94. The van der Waals surface area contributed by atoms with Crippen molar-refractivity contribution in [1.29, 1.82) is 0 Å². The quantitative estimate of drug-likeness (QED) is 0.869. The summed E-state index contributed by atoms with van der Waals surface area (Å²) < 4.78 is 0. The molecule has 5 heteroatoms. The van der Waals surface area contributed by atoms with Crippen LogP contribution >= 0.6 is 0 Å². The van der Waals surface area contributed by atoms with E-state index in [1.807, 2.05) is 37.3 Å². The highest BCUT2D eigenvalue weighted by Crippen LogP contribution is 2.17. The molecule has 1 saturated heterocycles. The zero-order chi connectivity index (χ0) is 16.9. The first-order chi connectivity index (χ1) is 11.7. The SMILES string of the molecule is CCN(C(=O)c1cccc(C(=O)N2CCCC2)n1)c1ccccc1. The number of likely N-dealkylation sites (tertiary alicyclic amines) is 1. The maximum Gasteiger partial charge on any atom is 0.276 e. The molecule has 1 aromatic carbocycles. The molecule has 0 atom stereocenters. The van der Waals surface area contributed by atoms with Gasteiger partial charge in [0.15, 0.2) is 0 Å². The third kappa shape index (κ3) is 3.30. The Morgan fingerprint density at radius 1 is 1.00 bits per heavy atom. The molecule has 0 radical (unpaired) electrons. The van der Waals surface area contributed by atoms with Gasteiger partial charge in [0.2, 0.25) is 0 Å². The number of aromatic nitrogens is 1. The van der Waals surface area contributed by atoms with Crippen molar-refractivity contribution in [3.05, 3.63) is 59.9 Å². The summed E-state index contributed by atoms with van der Waals surface area (Å²) in [5, 5.41) is 0. The van der Waals surface area contributed by atoms with E-state index in [1.165, 1.54) is 0 Å². The summed E-state index contributed by atoms with van der Waals surface area (Å²) in [5.74, 6) is -0.287. The molecule has 124 valence electrons. The highest BCUT2D eigenvalue weighted by molar-refractivity contribution is 6.05. The van der Waals surface area contributed by atoms with Crippen LogP contribution in [-0.2, 0) is 0 Å². The minimum atomic E-state index is -0.195. The van der Waals surface area contributed by atoms with E-state index in [-0.39, 0.29) is 11.8 Å². The predicted octanol–water partition coefficient (Wildman–Crippen LogP) is 2.98. The number of carbonyl (C=O) groups excluding carboxylic acids is 2. The zero-order valence-electron chi connectivity index (χ0n) is 13.8. The molecule has 2 heterocycles. The fraction of sp³-hybridized carbons (Fsp3) is 0.316. The lowest BCUT2D eigenvalue weighted by Gasteiger charge is -2.21. The van der Waals surface area contributed by atoms with Gasteiger partial charge in [-0.25, -0.2) is 4.98 Å². The highest BCUT2D eigenvalue weighted by atomic mass is 16.2. The summed E-state index contributed by atoms with van der Waals surface area (Å²) >= 11 is 0. The summed E-state index contributed by atoms with van der Waals surface area (Å²) in [6.07, 6.45) is 2.06. The van der Waals surface area contributed by atoms with Gasteiger partial charge in [-0.3, -0.25) is 9.59 Å². The number of amides is 2. The first kappa shape index (κ1) is 16.2. The minimum Gasteiger partial charge on any atom is -0.337 e. The monoisotopic (exact) mass is 323 g/mol. The number of carbonyl (C=O) groups is 2. The van der Waals surface area contributed by atoms with Crippen LogP contribution in [-0.4, -0.2) is 41.3 Å². The van der Waals surface area contributed by atoms with Crippen molar-refractivity contribution in [1.82, 2.24) is 9.88 Å². The van der Waals surface area contributed by atoms with Crippen LogP contribution in [0.15, 0.2) is 48.5 Å². The smallest absolute Gasteiger partial charge is 0.276 e. The van der Waals surface area contributed by atoms with E-state index >= 15 is 0 Å². The maximum atomic E-state index is 12.8. The number of nitrogens with zero attached hydrogens (tertiary/aromatic N) is 3. The van der Waals surface area contributed by atoms with Gasteiger partial charge in [0.05, 0.1) is 0 Å². The van der Waals surface area contributed by atoms with Crippen LogP contribution in [0.2, 0.25) is 0 Å². The predicted molar refractivity (Wildman–Crippen MR) is 93.2 cm³/mol. The summed E-state index contributed by atoms with van der Waals surface area (Å²) in [6, 6.07) is 14.5. The Morgan fingerprint density at radius 2 is 1.67 bits per heavy atom. The van der Waals surface area contributed by atoms with Crippen molar-refractivity contribution in [2.45, 2.75) is 19.8 Å². The Kier molecular flexibility index (Phi) is 4.89. The molecule has 2 aromatic rings. The topological polar surface area (TPSA) is 53.5 Å². The van der Waals surface area contributed by atoms with Crippen molar-refractivity contribution >= 4 is 17.5 Å². The molecule has 1 aliphatic rings. The first-order valence-electron chi connectivity index (χ1n) is 8.34. The van der Waals surface area contributed by atoms with Crippen molar-refractivity contribution in [3.63, 3.8) is 0 Å². The Labute approximate surface area is 141 Å². The summed E-state index contributed by atoms with van der Waals surface area (Å²) in [5.41, 5.74) is 1.46. The Bertz CT molecular complexity index is 724. The molecule has 0 spiro atoms. The molecule has 0 aliphatic carbocycles. The van der Waals surface area contributed by atoms with E-state index in [4.69, 9.17) is 0 Å². The minimum absolute atomic E-state index is 0.0927. The number of hydrogen-bond acceptors (Lipinski definition) is 3. The van der Waals surface area contributed by atoms with Crippen LogP contribution in [0.4, 0.5) is 5.69 Å². The lowest BCUT2D eigenvalue weighted by Crippen LogP contribution is -2.32. The summed E-state index contributed by atoms with van der Waals surface area (Å²) in [6.45, 7) is 3.99. The van der Waals surface area contributed by atoms with E-state index in [9.17, 15) is 9.59 Å². The molecule has 24 heavy (non-hydrogen) atoms. The Hall–Kier alpha value is -2.69. The molecule has 1 aliphatic heterocycles. The van der Waals surface area contributed by atoms with Crippen LogP contribution < -0.4 is 4.90 Å². The second-order valence-corrected chi connectivity index (χ2v) is 5.79. The van der Waals surface area contributed by atoms with Crippen molar-refractivity contribution < 1.29 is 9.59 Å². The van der Waals surface area contributed by atoms with Gasteiger partial charge in [0.25, 0.3) is 11.8 Å². The largest absolute Gasteiger partial charge is 0.337 e. The van der Waals surface area contributed by atoms with Crippen molar-refractivity contribution in [2.75, 3.05) is 24.5 Å². The molecular formula is C19H21N3O2. The van der Waals surface area contributed by atoms with Crippen LogP contribution in [0.3, 0.4) is 0 Å². The number of pyridine rings is 1. The van der Waals surface area contributed by atoms with Crippen LogP contribution in [0.25, 0.3) is 0 Å². The summed E-state index contributed by atoms with van der Waals surface area (Å²) in [4.78, 5) is 33.1. The zero-order valence-corrected chi connectivity index (χ0v) is 13.8. The molecule has 2 amide bonds. The third-order valence-electron chi connectivity index (χ3n) is 4.21. The number of anilines is 1. The van der Waals surface area contributed by atoms with E-state index < -0.39 is 0 Å². The molecular weight excluding hydrogens is 302 g/mol. The van der Waals surface area contributed by atoms with E-state index in [0.29, 0.717) is 17.9 Å². The van der Waals surface area contributed by atoms with E-state index in [2.05, 4.69) is 4.98 Å². The second-order valence-electron chi connectivity index (χ2n) is 5.79. The van der Waals surface area contributed by atoms with Crippen LogP contribution in [0.5, 0.6) is 0 Å². The number of para-hydroxylation sites is 1. The van der Waals surface area contributed by atoms with Crippen LogP contribution in [0, 0.1) is 0 Å². The second kappa shape index (κ2) is 7.25. The summed E-state index contributed by atoms with van der Waals surface area (Å²) in [7, 11) is 0. The number of rotatable bonds is 4. The van der Waals surface area contributed by atoms with Crippen molar-refractivity contribution in [2.24, 2.45) is 0 Å². The van der Waals surface area contributed by atoms with Crippen molar-refractivity contribution in [3.8, 4) is 0 Å². The number of benzene rings is 1. The van der Waals surface area contributed by atoms with Gasteiger partial charge in [0.1, 0.15) is 11.4 Å². The maximum absolute atomic E-state index is 12.8. The molecule has 0 bridgehead atoms. The third-order valence-corrected chi connectivity index (χ3v) is 4.21. The van der Waals surface area contributed by atoms with Gasteiger partial charge < -0.3 is 9.80 Å². The van der Waals surface area contributed by atoms with Gasteiger partial charge in [-0.1, -0.05) is 24.3 Å². The van der Waals surface area contributed by atoms with Gasteiger partial charge in [-0.2, -0.15) is 0 Å². The molecule has 3 rings (SSSR count). The van der Waals surface area contributed by atoms with Crippen LogP contribution in [0.1, 0.15) is 40.7 Å². The van der Waals surface area contributed by atoms with Gasteiger partial charge in [0, 0.05) is 25.3 Å². The average molecular weight is 323 g/mol. The standard InChI is InChI=1S/C19H21N3O2/c1-2-22(15-9-4-3-5-10-15)19(24)17-12-8-11-16(20-17)18(23)21-13-6-7-14-21/h3-5,8-12H,2,6-7,13-14H2,1H3. The van der Waals surface area contributed by atoms with E-state index in [0.717, 1.165) is 31.6 Å². The lowest BCUT2D eigenvalue weighted by molar-refractivity contribution is 0.0787. The first-order valence-corrected chi connectivity index (χ1v) is 8.34. The van der Waals surface area contributed by atoms with E-state index in [1.54, 1.807) is 28.0 Å². The normalized spacial score (nSPS) is 13.8. The van der Waals surface area contributed by atoms with Gasteiger partial charge in [-0.05, 0) is 44.0 Å². The molecule has 0 unspecified atom stereocenters. The van der Waals surface area contributed by atoms with Gasteiger partial charge >= 0.3 is 0 Å². The Balaban J connectivity index is 1.84. The molecule has 1 fully saturated rings. The highest BCUT2D eigenvalue weighted by Gasteiger charge is 2.23. The average Bonchev–Trinajstić information content (AvgIpc) is 3.17. The lowest BCUT2D eigenvalue weighted by atomic mass is 10.2. The Morgan fingerprint density at radius 3 is 2.33 bits per heavy atom. The number of hydrogen-bond donors (Lipinski definition) is 0. The van der Waals surface area contributed by atoms with Gasteiger partial charge in [-0.15, -0.1) is 0 Å². The molecule has 1 aromatic heterocycles. The fourth-order valence-electron chi connectivity index (χ4n) is 2.94. The molecule has 0 N–H and O–H groups in total. The molecule has 5 nitrogen and oxygen atoms in total.